The number of benzene rings is 7. The molecule has 2 aromatic heterocycles. The molecule has 0 amide bonds. The number of hydrogen-bond acceptors (Lipinski definition) is 4. The van der Waals surface area contributed by atoms with E-state index in [9.17, 15) is 1.37 Å². The highest BCUT2D eigenvalue weighted by Crippen LogP contribution is 2.41. The van der Waals surface area contributed by atoms with E-state index >= 15 is 0 Å². The van der Waals surface area contributed by atoms with E-state index in [1.165, 1.54) is 12.1 Å². The molecular weight excluding hydrogens is 599 g/mol. The Labute approximate surface area is 303 Å². The number of rotatable bonds is 6. The van der Waals surface area contributed by atoms with Crippen LogP contribution in [0.4, 0.5) is 0 Å². The average molecular weight is 642 g/mol. The van der Waals surface area contributed by atoms with Crippen molar-refractivity contribution in [1.82, 2.24) is 15.0 Å². The number of hydrogen-bond donors (Lipinski definition) is 0. The van der Waals surface area contributed by atoms with Crippen LogP contribution in [0.5, 0.6) is 0 Å². The van der Waals surface area contributed by atoms with Crippen LogP contribution >= 0.6 is 0 Å². The Kier molecular flexibility index (Phi) is 4.35. The standard InChI is InChI=1S/C45H29N3O/c1-4-13-30(14-5-1)35-19-12-20-36(29-35)31-23-25-34(26-24-31)44-46-43(33-17-8-3-9-18-33)47-45(48-44)39-28-27-37(32-15-6-2-7-16-32)42-41(39)38-21-10-11-22-40(38)49-42/h1-29H/i2D,3D,6D,7D,8D,9D,10D,11D,15D,16D,17D,18D,22D,28D. The quantitative estimate of drug-likeness (QED) is 0.181. The van der Waals surface area contributed by atoms with E-state index in [0.29, 0.717) is 5.56 Å². The zero-order valence-corrected chi connectivity index (χ0v) is 25.4. The van der Waals surface area contributed by atoms with Gasteiger partial charge in [0.1, 0.15) is 11.2 Å². The molecule has 0 N–H and O–H groups in total. The molecular formula is C45H29N3O. The predicted octanol–water partition coefficient (Wildman–Crippen LogP) is 11.8. The summed E-state index contributed by atoms with van der Waals surface area (Å²) in [5.74, 6) is -0.602. The highest BCUT2D eigenvalue weighted by atomic mass is 16.3. The van der Waals surface area contributed by atoms with Gasteiger partial charge < -0.3 is 4.42 Å². The lowest BCUT2D eigenvalue weighted by Crippen LogP contribution is -2.00. The third-order valence-electron chi connectivity index (χ3n) is 8.06. The normalized spacial score (nSPS) is 15.3. The summed E-state index contributed by atoms with van der Waals surface area (Å²) in [5, 5.41) is 0.0567. The maximum Gasteiger partial charge on any atom is 0.164 e. The van der Waals surface area contributed by atoms with Gasteiger partial charge in [-0.05, 0) is 52.0 Å². The molecule has 0 aliphatic heterocycles. The highest BCUT2D eigenvalue weighted by molar-refractivity contribution is 6.15. The Balaban J connectivity index is 1.33. The van der Waals surface area contributed by atoms with Crippen molar-refractivity contribution >= 4 is 21.9 Å². The molecule has 0 aliphatic carbocycles. The Bertz CT molecular complexity index is 3340. The van der Waals surface area contributed by atoms with Crippen LogP contribution in [0.1, 0.15) is 19.2 Å². The molecule has 0 saturated heterocycles. The van der Waals surface area contributed by atoms with Crippen LogP contribution < -0.4 is 0 Å². The molecule has 2 heterocycles. The van der Waals surface area contributed by atoms with E-state index in [-0.39, 0.29) is 73.8 Å². The average Bonchev–Trinajstić information content (AvgIpc) is 3.67. The Hall–Kier alpha value is -6.65. The summed E-state index contributed by atoms with van der Waals surface area (Å²) in [4.78, 5) is 14.1. The zero-order valence-electron chi connectivity index (χ0n) is 39.4. The van der Waals surface area contributed by atoms with E-state index < -0.39 is 72.5 Å². The van der Waals surface area contributed by atoms with Crippen molar-refractivity contribution in [2.24, 2.45) is 0 Å². The Morgan fingerprint density at radius 3 is 1.73 bits per heavy atom. The van der Waals surface area contributed by atoms with E-state index in [1.807, 2.05) is 60.7 Å². The monoisotopic (exact) mass is 641 g/mol. The lowest BCUT2D eigenvalue weighted by molar-refractivity contribution is 0.670. The van der Waals surface area contributed by atoms with Gasteiger partial charge in [0.25, 0.3) is 0 Å². The van der Waals surface area contributed by atoms with E-state index in [2.05, 4.69) is 16.0 Å². The molecule has 0 bridgehead atoms. The van der Waals surface area contributed by atoms with Crippen molar-refractivity contribution in [3.63, 3.8) is 0 Å². The fourth-order valence-electron chi connectivity index (χ4n) is 5.75. The SMILES string of the molecule is [2H]c1cc2c(oc3c(-c4c([2H])c([2H])c([2H])c([2H])c4[2H])cc([2H])c(-c4nc(-c5ccc(-c6cccc(-c7ccccc7)c6)cc5)nc(-c5c([2H])c([2H])c([2H])c([2H])c5[2H])n4)c32)c([2H])c1[2H]. The summed E-state index contributed by atoms with van der Waals surface area (Å²) < 4.78 is 126. The minimum Gasteiger partial charge on any atom is -0.455 e. The summed E-state index contributed by atoms with van der Waals surface area (Å²) >= 11 is 0. The lowest BCUT2D eigenvalue weighted by Gasteiger charge is -2.11. The molecule has 0 saturated carbocycles. The van der Waals surface area contributed by atoms with Crippen molar-refractivity contribution in [2.45, 2.75) is 0 Å². The van der Waals surface area contributed by atoms with Crippen molar-refractivity contribution in [2.75, 3.05) is 0 Å². The van der Waals surface area contributed by atoms with Gasteiger partial charge >= 0.3 is 0 Å². The van der Waals surface area contributed by atoms with Crippen molar-refractivity contribution in [1.29, 1.82) is 0 Å². The second-order valence-electron chi connectivity index (χ2n) is 11.0. The molecule has 49 heavy (non-hydrogen) atoms. The van der Waals surface area contributed by atoms with Gasteiger partial charge in [-0.2, -0.15) is 0 Å². The molecule has 4 heteroatoms. The fraction of sp³-hybridized carbons (Fsp3) is 0. The number of fused-ring (bicyclic) bond motifs is 3. The van der Waals surface area contributed by atoms with Gasteiger partial charge in [0.2, 0.25) is 0 Å². The number of para-hydroxylation sites is 1. The van der Waals surface area contributed by atoms with Gasteiger partial charge in [-0.3, -0.25) is 0 Å². The molecule has 0 fully saturated rings. The van der Waals surface area contributed by atoms with Gasteiger partial charge in [0.05, 0.1) is 19.2 Å². The first-order valence-corrected chi connectivity index (χ1v) is 15.2. The first kappa shape index (κ1) is 17.5. The van der Waals surface area contributed by atoms with Crippen molar-refractivity contribution in [3.8, 4) is 67.5 Å². The van der Waals surface area contributed by atoms with Crippen LogP contribution in [0.3, 0.4) is 0 Å². The van der Waals surface area contributed by atoms with Gasteiger partial charge in [0.15, 0.2) is 17.5 Å². The molecule has 9 rings (SSSR count). The molecule has 230 valence electrons. The zero-order chi connectivity index (χ0) is 44.8. The maximum absolute atomic E-state index is 9.48. The molecule has 7 aromatic carbocycles. The van der Waals surface area contributed by atoms with Gasteiger partial charge in [-0.25, -0.2) is 15.0 Å². The van der Waals surface area contributed by atoms with E-state index in [0.717, 1.165) is 22.3 Å². The van der Waals surface area contributed by atoms with Crippen molar-refractivity contribution < 1.29 is 23.6 Å². The fourth-order valence-corrected chi connectivity index (χ4v) is 5.75. The maximum atomic E-state index is 9.48. The highest BCUT2D eigenvalue weighted by Gasteiger charge is 2.20. The molecule has 4 nitrogen and oxygen atoms in total. The Morgan fingerprint density at radius 1 is 0.408 bits per heavy atom. The van der Waals surface area contributed by atoms with Crippen LogP contribution in [-0.2, 0) is 0 Å². The first-order chi connectivity index (χ1) is 30.1. The molecule has 9 aromatic rings. The molecule has 0 unspecified atom stereocenters. The topological polar surface area (TPSA) is 51.8 Å². The third-order valence-corrected chi connectivity index (χ3v) is 8.06. The van der Waals surface area contributed by atoms with Crippen LogP contribution in [0, 0.1) is 0 Å². The van der Waals surface area contributed by atoms with Crippen LogP contribution in [-0.4, -0.2) is 15.0 Å². The minimum atomic E-state index is -0.644. The molecule has 0 radical (unpaired) electrons. The summed E-state index contributed by atoms with van der Waals surface area (Å²) in [6.45, 7) is 0. The van der Waals surface area contributed by atoms with Crippen LogP contribution in [0.15, 0.2) is 180 Å². The summed E-state index contributed by atoms with van der Waals surface area (Å²) in [6, 6.07) is 19.6. The van der Waals surface area contributed by atoms with Crippen molar-refractivity contribution in [3.05, 3.63) is 176 Å². The smallest absolute Gasteiger partial charge is 0.164 e. The minimum absolute atomic E-state index is 0.000817. The second kappa shape index (κ2) is 12.2. The van der Waals surface area contributed by atoms with E-state index in [1.54, 1.807) is 12.1 Å². The van der Waals surface area contributed by atoms with Crippen LogP contribution in [0.2, 0.25) is 0 Å². The molecule has 0 atom stereocenters. The second-order valence-corrected chi connectivity index (χ2v) is 11.0. The number of nitrogens with zero attached hydrogens (tertiary/aromatic N) is 3. The summed E-state index contributed by atoms with van der Waals surface area (Å²) in [5.41, 5.74) is 3.03. The predicted molar refractivity (Wildman–Crippen MR) is 200 cm³/mol. The largest absolute Gasteiger partial charge is 0.455 e. The van der Waals surface area contributed by atoms with Gasteiger partial charge in [-0.15, -0.1) is 0 Å². The first-order valence-electron chi connectivity index (χ1n) is 22.2. The van der Waals surface area contributed by atoms with Gasteiger partial charge in [0, 0.05) is 33.0 Å². The Morgan fingerprint density at radius 2 is 1.00 bits per heavy atom. The lowest BCUT2D eigenvalue weighted by atomic mass is 9.98. The summed E-state index contributed by atoms with van der Waals surface area (Å²) in [7, 11) is 0. The van der Waals surface area contributed by atoms with Crippen LogP contribution in [0.25, 0.3) is 89.5 Å². The summed E-state index contributed by atoms with van der Waals surface area (Å²) in [6.07, 6.45) is 0. The molecule has 0 aliphatic rings. The third kappa shape index (κ3) is 5.35. The van der Waals surface area contributed by atoms with E-state index in [4.69, 9.17) is 27.2 Å². The molecule has 0 spiro atoms. The number of furan rings is 1. The number of aromatic nitrogens is 3. The van der Waals surface area contributed by atoms with Gasteiger partial charge in [-0.1, -0.05) is 151 Å².